The van der Waals surface area contributed by atoms with E-state index in [1.807, 2.05) is 0 Å². The molecule has 92 valence electrons. The summed E-state index contributed by atoms with van der Waals surface area (Å²) < 4.78 is 5.18. The highest BCUT2D eigenvalue weighted by Crippen LogP contribution is 2.44. The molecule has 0 heterocycles. The Morgan fingerprint density at radius 2 is 1.88 bits per heavy atom. The lowest BCUT2D eigenvalue weighted by atomic mass is 9.70. The highest BCUT2D eigenvalue weighted by Gasteiger charge is 2.51. The average molecular weight is 263 g/mol. The van der Waals surface area contributed by atoms with E-state index in [1.54, 1.807) is 0 Å². The van der Waals surface area contributed by atoms with E-state index in [4.69, 9.17) is 16.3 Å². The van der Waals surface area contributed by atoms with E-state index in [0.717, 1.165) is 12.5 Å². The van der Waals surface area contributed by atoms with Crippen molar-refractivity contribution in [3.8, 4) is 0 Å². The first-order valence-electron chi connectivity index (χ1n) is 5.65. The summed E-state index contributed by atoms with van der Waals surface area (Å²) in [4.78, 5) is 23.0. The minimum absolute atomic E-state index is 0.417. The highest BCUT2D eigenvalue weighted by atomic mass is 35.5. The number of carbonyl (C=O) groups is 2. The van der Waals surface area contributed by atoms with Crippen molar-refractivity contribution in [1.82, 2.24) is 0 Å². The van der Waals surface area contributed by atoms with Crippen LogP contribution in [0.25, 0.3) is 0 Å². The molecule has 1 aliphatic carbocycles. The van der Waals surface area contributed by atoms with Crippen molar-refractivity contribution in [2.45, 2.75) is 44.9 Å². The first-order valence-corrected chi connectivity index (χ1v) is 9.74. The van der Waals surface area contributed by atoms with Gasteiger partial charge in [0.15, 0.2) is 0 Å². The van der Waals surface area contributed by atoms with Gasteiger partial charge in [0.2, 0.25) is 5.24 Å². The summed E-state index contributed by atoms with van der Waals surface area (Å²) in [5, 5.41) is -0.559. The quantitative estimate of drug-likeness (QED) is 0.331. The molecule has 0 spiro atoms. The van der Waals surface area contributed by atoms with E-state index >= 15 is 0 Å². The Bertz CT molecular complexity index is 292. The van der Waals surface area contributed by atoms with Gasteiger partial charge in [0.05, 0.1) is 6.61 Å². The molecular formula is C11H19ClO3Si. The topological polar surface area (TPSA) is 43.4 Å². The fraction of sp³-hybridized carbons (Fsp3) is 0.818. The fourth-order valence-electron chi connectivity index (χ4n) is 1.60. The number of esters is 1. The summed E-state index contributed by atoms with van der Waals surface area (Å²) in [5.41, 5.74) is -1.01. The van der Waals surface area contributed by atoms with Crippen LogP contribution in [0.4, 0.5) is 0 Å². The summed E-state index contributed by atoms with van der Waals surface area (Å²) in [5.74, 6) is -0.419. The molecule has 0 radical (unpaired) electrons. The minimum atomic E-state index is -1.20. The van der Waals surface area contributed by atoms with E-state index in [2.05, 4.69) is 19.6 Å². The molecule has 1 saturated carbocycles. The van der Waals surface area contributed by atoms with Crippen molar-refractivity contribution in [1.29, 1.82) is 0 Å². The second kappa shape index (κ2) is 4.88. The first kappa shape index (κ1) is 13.7. The van der Waals surface area contributed by atoms with Gasteiger partial charge in [-0.1, -0.05) is 26.1 Å². The van der Waals surface area contributed by atoms with E-state index in [9.17, 15) is 9.59 Å². The number of hydrogen-bond acceptors (Lipinski definition) is 3. The summed E-state index contributed by atoms with van der Waals surface area (Å²) in [6, 6.07) is 0.922. The van der Waals surface area contributed by atoms with Crippen molar-refractivity contribution in [2.24, 2.45) is 5.41 Å². The van der Waals surface area contributed by atoms with Crippen LogP contribution in [0.5, 0.6) is 0 Å². The van der Waals surface area contributed by atoms with E-state index in [-0.39, 0.29) is 0 Å². The molecule has 3 nitrogen and oxygen atoms in total. The largest absolute Gasteiger partial charge is 0.465 e. The molecule has 5 heteroatoms. The maximum atomic E-state index is 11.8. The second-order valence-electron chi connectivity index (χ2n) is 5.66. The Morgan fingerprint density at radius 1 is 1.31 bits per heavy atom. The molecule has 0 aliphatic heterocycles. The zero-order chi connectivity index (χ0) is 12.4. The maximum absolute atomic E-state index is 11.8. The number of hydrogen-bond donors (Lipinski definition) is 0. The molecule has 0 unspecified atom stereocenters. The van der Waals surface area contributed by atoms with Crippen LogP contribution in [-0.2, 0) is 14.3 Å². The fourth-order valence-corrected chi connectivity index (χ4v) is 2.58. The van der Waals surface area contributed by atoms with E-state index in [0.29, 0.717) is 19.4 Å². The van der Waals surface area contributed by atoms with Crippen molar-refractivity contribution in [3.63, 3.8) is 0 Å². The number of carbonyl (C=O) groups excluding carboxylic acids is 2. The Labute approximate surface area is 103 Å². The van der Waals surface area contributed by atoms with Gasteiger partial charge in [-0.2, -0.15) is 0 Å². The molecule has 0 amide bonds. The van der Waals surface area contributed by atoms with Crippen LogP contribution in [0.15, 0.2) is 0 Å². The molecule has 0 aromatic carbocycles. The van der Waals surface area contributed by atoms with Crippen molar-refractivity contribution >= 4 is 30.9 Å². The molecule has 1 aliphatic rings. The van der Waals surface area contributed by atoms with Gasteiger partial charge in [0.1, 0.15) is 5.41 Å². The summed E-state index contributed by atoms with van der Waals surface area (Å²) in [6.07, 6.45) is 1.96. The number of ether oxygens (including phenoxy) is 1. The van der Waals surface area contributed by atoms with E-state index in [1.165, 1.54) is 0 Å². The average Bonchev–Trinajstić information content (AvgIpc) is 1.97. The highest BCUT2D eigenvalue weighted by molar-refractivity contribution is 6.76. The Balaban J connectivity index is 2.43. The van der Waals surface area contributed by atoms with Crippen molar-refractivity contribution < 1.29 is 14.3 Å². The predicted molar refractivity (Wildman–Crippen MR) is 66.3 cm³/mol. The van der Waals surface area contributed by atoms with Gasteiger partial charge < -0.3 is 4.74 Å². The van der Waals surface area contributed by atoms with Gasteiger partial charge in [-0.3, -0.25) is 9.59 Å². The normalized spacial score (nSPS) is 18.8. The minimum Gasteiger partial charge on any atom is -0.465 e. The summed E-state index contributed by atoms with van der Waals surface area (Å²) in [6.45, 7) is 7.06. The van der Waals surface area contributed by atoms with E-state index < -0.39 is 24.7 Å². The molecule has 0 N–H and O–H groups in total. The molecule has 0 aromatic heterocycles. The molecule has 16 heavy (non-hydrogen) atoms. The molecule has 0 bridgehead atoms. The smallest absolute Gasteiger partial charge is 0.320 e. The summed E-state index contributed by atoms with van der Waals surface area (Å²) in [7, 11) is -1.20. The van der Waals surface area contributed by atoms with Crippen molar-refractivity contribution in [3.05, 3.63) is 0 Å². The third kappa shape index (κ3) is 3.07. The van der Waals surface area contributed by atoms with Crippen LogP contribution >= 0.6 is 11.6 Å². The van der Waals surface area contributed by atoms with Crippen LogP contribution in [0, 0.1) is 5.41 Å². The monoisotopic (exact) mass is 262 g/mol. The number of rotatable bonds is 5. The SMILES string of the molecule is C[Si](C)(C)CCOC(=O)C1(C(=O)Cl)CCC1. The predicted octanol–water partition coefficient (Wildman–Crippen LogP) is 2.80. The summed E-state index contributed by atoms with van der Waals surface area (Å²) >= 11 is 5.47. The molecule has 0 atom stereocenters. The van der Waals surface area contributed by atoms with Crippen LogP contribution in [-0.4, -0.2) is 25.9 Å². The number of halogens is 1. The first-order chi connectivity index (χ1) is 7.28. The molecular weight excluding hydrogens is 244 g/mol. The molecule has 1 rings (SSSR count). The Morgan fingerprint density at radius 3 is 2.19 bits per heavy atom. The van der Waals surface area contributed by atoms with Crippen LogP contribution in [0.3, 0.4) is 0 Å². The lowest BCUT2D eigenvalue weighted by Gasteiger charge is -2.35. The van der Waals surface area contributed by atoms with Crippen LogP contribution in [0.1, 0.15) is 19.3 Å². The second-order valence-corrected chi connectivity index (χ2v) is 11.6. The van der Waals surface area contributed by atoms with Crippen molar-refractivity contribution in [2.75, 3.05) is 6.61 Å². The van der Waals surface area contributed by atoms with Gasteiger partial charge in [-0.25, -0.2) is 0 Å². The third-order valence-electron chi connectivity index (χ3n) is 3.06. The molecule has 0 aromatic rings. The zero-order valence-electron chi connectivity index (χ0n) is 10.1. The van der Waals surface area contributed by atoms with Gasteiger partial charge in [0.25, 0.3) is 0 Å². The maximum Gasteiger partial charge on any atom is 0.320 e. The zero-order valence-corrected chi connectivity index (χ0v) is 11.9. The Hall–Kier alpha value is -0.353. The molecule has 1 fully saturated rings. The lowest BCUT2D eigenvalue weighted by molar-refractivity contribution is -0.163. The third-order valence-corrected chi connectivity index (χ3v) is 5.13. The van der Waals surface area contributed by atoms with Gasteiger partial charge in [0, 0.05) is 8.07 Å². The van der Waals surface area contributed by atoms with Gasteiger partial charge in [-0.15, -0.1) is 0 Å². The van der Waals surface area contributed by atoms with Crippen LogP contribution < -0.4 is 0 Å². The van der Waals surface area contributed by atoms with Gasteiger partial charge in [-0.05, 0) is 30.5 Å². The molecule has 0 saturated heterocycles. The Kier molecular flexibility index (Phi) is 4.18. The lowest BCUT2D eigenvalue weighted by Crippen LogP contribution is -2.44. The van der Waals surface area contributed by atoms with Gasteiger partial charge >= 0.3 is 5.97 Å². The van der Waals surface area contributed by atoms with Crippen LogP contribution in [0.2, 0.25) is 25.7 Å². The standard InChI is InChI=1S/C11H19ClO3Si/c1-16(2,3)8-7-15-10(14)11(9(12)13)5-4-6-11/h4-8H2,1-3H3.